The monoisotopic (exact) mass is 297 g/mol. The van der Waals surface area contributed by atoms with Crippen molar-refractivity contribution in [3.05, 3.63) is 52.3 Å². The van der Waals surface area contributed by atoms with E-state index in [0.29, 0.717) is 15.7 Å². The SMILES string of the molecule is NC(=S)c1ccc(Nc2ccc(Cl)cc2Cl)cn1. The van der Waals surface area contributed by atoms with Crippen LogP contribution >= 0.6 is 35.4 Å². The summed E-state index contributed by atoms with van der Waals surface area (Å²) in [6.45, 7) is 0. The minimum Gasteiger partial charge on any atom is -0.388 e. The maximum absolute atomic E-state index is 6.05. The molecule has 0 saturated carbocycles. The summed E-state index contributed by atoms with van der Waals surface area (Å²) in [5.41, 5.74) is 7.60. The Kier molecular flexibility index (Phi) is 4.01. The Bertz CT molecular complexity index is 584. The molecule has 6 heteroatoms. The van der Waals surface area contributed by atoms with Gasteiger partial charge >= 0.3 is 0 Å². The largest absolute Gasteiger partial charge is 0.388 e. The summed E-state index contributed by atoms with van der Waals surface area (Å²) in [5, 5.41) is 4.26. The first-order valence-electron chi connectivity index (χ1n) is 5.04. The molecular weight excluding hydrogens is 289 g/mol. The number of hydrogen-bond donors (Lipinski definition) is 2. The lowest BCUT2D eigenvalue weighted by molar-refractivity contribution is 1.29. The smallest absolute Gasteiger partial charge is 0.122 e. The van der Waals surface area contributed by atoms with E-state index in [4.69, 9.17) is 41.2 Å². The number of nitrogens with two attached hydrogens (primary N) is 1. The quantitative estimate of drug-likeness (QED) is 0.847. The highest BCUT2D eigenvalue weighted by Gasteiger charge is 2.03. The molecule has 2 rings (SSSR count). The molecule has 0 amide bonds. The third-order valence-corrected chi connectivity index (χ3v) is 2.98. The van der Waals surface area contributed by atoms with Crippen LogP contribution < -0.4 is 11.1 Å². The first kappa shape index (κ1) is 13.1. The highest BCUT2D eigenvalue weighted by Crippen LogP contribution is 2.27. The molecule has 3 N–H and O–H groups in total. The van der Waals surface area contributed by atoms with Crippen molar-refractivity contribution in [1.82, 2.24) is 4.98 Å². The van der Waals surface area contributed by atoms with Crippen molar-refractivity contribution in [2.75, 3.05) is 5.32 Å². The standard InChI is InChI=1S/C12H9Cl2N3S/c13-7-1-3-10(9(14)5-7)17-8-2-4-11(12(15)18)16-6-8/h1-6,17H,(H2,15,18). The van der Waals surface area contributed by atoms with Crippen molar-refractivity contribution in [1.29, 1.82) is 0 Å². The molecule has 0 saturated heterocycles. The number of aromatic nitrogens is 1. The Labute approximate surface area is 120 Å². The van der Waals surface area contributed by atoms with E-state index in [0.717, 1.165) is 11.4 Å². The first-order valence-corrected chi connectivity index (χ1v) is 6.20. The molecule has 1 aromatic heterocycles. The number of benzene rings is 1. The number of anilines is 2. The second-order valence-electron chi connectivity index (χ2n) is 3.55. The molecule has 18 heavy (non-hydrogen) atoms. The number of nitrogens with one attached hydrogen (secondary N) is 1. The third kappa shape index (κ3) is 3.10. The van der Waals surface area contributed by atoms with Gasteiger partial charge in [-0.25, -0.2) is 0 Å². The summed E-state index contributed by atoms with van der Waals surface area (Å²) in [4.78, 5) is 4.39. The summed E-state index contributed by atoms with van der Waals surface area (Å²) in [5.74, 6) is 0. The van der Waals surface area contributed by atoms with Gasteiger partial charge < -0.3 is 11.1 Å². The molecule has 2 aromatic rings. The van der Waals surface area contributed by atoms with Crippen molar-refractivity contribution in [3.8, 4) is 0 Å². The highest BCUT2D eigenvalue weighted by atomic mass is 35.5. The van der Waals surface area contributed by atoms with E-state index in [1.165, 1.54) is 0 Å². The number of thiocarbonyl (C=S) groups is 1. The number of halogens is 2. The third-order valence-electron chi connectivity index (χ3n) is 2.23. The van der Waals surface area contributed by atoms with Gasteiger partial charge in [-0.2, -0.15) is 0 Å². The van der Waals surface area contributed by atoms with Crippen LogP contribution in [0.2, 0.25) is 10.0 Å². The zero-order valence-corrected chi connectivity index (χ0v) is 11.5. The van der Waals surface area contributed by atoms with Crippen LogP contribution in [0, 0.1) is 0 Å². The summed E-state index contributed by atoms with van der Waals surface area (Å²) in [6.07, 6.45) is 1.64. The van der Waals surface area contributed by atoms with E-state index in [1.807, 2.05) is 6.07 Å². The van der Waals surface area contributed by atoms with E-state index in [2.05, 4.69) is 10.3 Å². The molecule has 0 atom stereocenters. The van der Waals surface area contributed by atoms with Crippen LogP contribution in [0.25, 0.3) is 0 Å². The molecule has 0 unspecified atom stereocenters. The Morgan fingerprint density at radius 2 is 2.00 bits per heavy atom. The van der Waals surface area contributed by atoms with Crippen molar-refractivity contribution < 1.29 is 0 Å². The van der Waals surface area contributed by atoms with Crippen LogP contribution in [0.1, 0.15) is 5.69 Å². The molecule has 92 valence electrons. The second kappa shape index (κ2) is 5.52. The fraction of sp³-hybridized carbons (Fsp3) is 0. The Hall–Kier alpha value is -1.36. The first-order chi connectivity index (χ1) is 8.56. The molecule has 0 aliphatic rings. The topological polar surface area (TPSA) is 50.9 Å². The minimum absolute atomic E-state index is 0.270. The van der Waals surface area contributed by atoms with E-state index in [1.54, 1.807) is 30.5 Å². The molecule has 0 fully saturated rings. The van der Waals surface area contributed by atoms with E-state index >= 15 is 0 Å². The van der Waals surface area contributed by atoms with Gasteiger partial charge in [0.25, 0.3) is 0 Å². The van der Waals surface area contributed by atoms with Crippen LogP contribution in [0.3, 0.4) is 0 Å². The van der Waals surface area contributed by atoms with Gasteiger partial charge in [0.2, 0.25) is 0 Å². The number of nitrogens with zero attached hydrogens (tertiary/aromatic N) is 1. The predicted molar refractivity (Wildman–Crippen MR) is 79.9 cm³/mol. The Morgan fingerprint density at radius 1 is 1.22 bits per heavy atom. The Morgan fingerprint density at radius 3 is 2.56 bits per heavy atom. The van der Waals surface area contributed by atoms with Crippen LogP contribution in [-0.2, 0) is 0 Å². The van der Waals surface area contributed by atoms with Gasteiger partial charge in [0, 0.05) is 5.02 Å². The molecule has 0 spiro atoms. The molecule has 0 aliphatic carbocycles. The zero-order valence-electron chi connectivity index (χ0n) is 9.15. The van der Waals surface area contributed by atoms with Crippen LogP contribution in [-0.4, -0.2) is 9.97 Å². The van der Waals surface area contributed by atoms with Gasteiger partial charge in [-0.05, 0) is 30.3 Å². The van der Waals surface area contributed by atoms with E-state index in [9.17, 15) is 0 Å². The molecule has 0 bridgehead atoms. The van der Waals surface area contributed by atoms with Crippen molar-refractivity contribution in [3.63, 3.8) is 0 Å². The predicted octanol–water partition coefficient (Wildman–Crippen LogP) is 3.77. The lowest BCUT2D eigenvalue weighted by Crippen LogP contribution is -2.11. The van der Waals surface area contributed by atoms with Gasteiger partial charge in [0.15, 0.2) is 0 Å². The van der Waals surface area contributed by atoms with Crippen molar-refractivity contribution in [2.24, 2.45) is 5.73 Å². The van der Waals surface area contributed by atoms with Gasteiger partial charge in [0.1, 0.15) is 4.99 Å². The van der Waals surface area contributed by atoms with Gasteiger partial charge in [-0.3, -0.25) is 4.98 Å². The normalized spacial score (nSPS) is 10.1. The summed E-state index contributed by atoms with van der Waals surface area (Å²) >= 11 is 16.7. The van der Waals surface area contributed by atoms with Gasteiger partial charge in [-0.15, -0.1) is 0 Å². The molecule has 0 aliphatic heterocycles. The number of hydrogen-bond acceptors (Lipinski definition) is 3. The summed E-state index contributed by atoms with van der Waals surface area (Å²) < 4.78 is 0. The minimum atomic E-state index is 0.270. The average molecular weight is 298 g/mol. The zero-order chi connectivity index (χ0) is 13.1. The lowest BCUT2D eigenvalue weighted by Gasteiger charge is -2.08. The van der Waals surface area contributed by atoms with Crippen LogP contribution in [0.4, 0.5) is 11.4 Å². The summed E-state index contributed by atoms with van der Waals surface area (Å²) in [7, 11) is 0. The van der Waals surface area contributed by atoms with Gasteiger partial charge in [0.05, 0.1) is 28.3 Å². The average Bonchev–Trinajstić information content (AvgIpc) is 2.33. The molecule has 1 heterocycles. The van der Waals surface area contributed by atoms with Crippen molar-refractivity contribution >= 4 is 51.8 Å². The number of pyridine rings is 1. The Balaban J connectivity index is 2.21. The maximum Gasteiger partial charge on any atom is 0.122 e. The second-order valence-corrected chi connectivity index (χ2v) is 4.83. The van der Waals surface area contributed by atoms with E-state index < -0.39 is 0 Å². The van der Waals surface area contributed by atoms with Crippen LogP contribution in [0.15, 0.2) is 36.5 Å². The molecular formula is C12H9Cl2N3S. The number of rotatable bonds is 3. The fourth-order valence-electron chi connectivity index (χ4n) is 1.36. The van der Waals surface area contributed by atoms with Crippen molar-refractivity contribution in [2.45, 2.75) is 0 Å². The van der Waals surface area contributed by atoms with Gasteiger partial charge in [-0.1, -0.05) is 35.4 Å². The molecule has 1 aromatic carbocycles. The fourth-order valence-corrected chi connectivity index (χ4v) is 1.94. The molecule has 0 radical (unpaired) electrons. The summed E-state index contributed by atoms with van der Waals surface area (Å²) in [6, 6.07) is 8.79. The molecule has 3 nitrogen and oxygen atoms in total. The lowest BCUT2D eigenvalue weighted by atomic mass is 10.3. The maximum atomic E-state index is 6.05. The van der Waals surface area contributed by atoms with Crippen LogP contribution in [0.5, 0.6) is 0 Å². The van der Waals surface area contributed by atoms with E-state index in [-0.39, 0.29) is 4.99 Å². The highest BCUT2D eigenvalue weighted by molar-refractivity contribution is 7.80.